The SMILES string of the molecule is COc1ccc(C(=O)CCc2ccc(O)cc2O)c(OC)c1C. The van der Waals surface area contributed by atoms with Gasteiger partial charge in [0, 0.05) is 18.1 Å². The van der Waals surface area contributed by atoms with E-state index in [-0.39, 0.29) is 23.7 Å². The van der Waals surface area contributed by atoms with Crippen LogP contribution in [0, 0.1) is 6.92 Å². The Hall–Kier alpha value is -2.69. The first-order valence-corrected chi connectivity index (χ1v) is 7.23. The number of aryl methyl sites for hydroxylation is 1. The summed E-state index contributed by atoms with van der Waals surface area (Å²) in [5, 5.41) is 19.1. The first-order chi connectivity index (χ1) is 11.0. The van der Waals surface area contributed by atoms with Crippen molar-refractivity contribution < 1.29 is 24.5 Å². The number of methoxy groups -OCH3 is 2. The monoisotopic (exact) mass is 316 g/mol. The minimum atomic E-state index is -0.0833. The van der Waals surface area contributed by atoms with Gasteiger partial charge in [-0.05, 0) is 37.1 Å². The van der Waals surface area contributed by atoms with Crippen LogP contribution < -0.4 is 9.47 Å². The number of ketones is 1. The number of hydrogen-bond donors (Lipinski definition) is 2. The lowest BCUT2D eigenvalue weighted by Gasteiger charge is -2.14. The van der Waals surface area contributed by atoms with Gasteiger partial charge in [-0.25, -0.2) is 0 Å². The molecule has 0 atom stereocenters. The van der Waals surface area contributed by atoms with Crippen molar-refractivity contribution in [2.75, 3.05) is 14.2 Å². The summed E-state index contributed by atoms with van der Waals surface area (Å²) in [6.45, 7) is 1.83. The molecular formula is C18H20O5. The third-order valence-electron chi connectivity index (χ3n) is 3.77. The Morgan fingerprint density at radius 1 is 1.09 bits per heavy atom. The summed E-state index contributed by atoms with van der Waals surface area (Å²) >= 11 is 0. The molecule has 2 aromatic rings. The number of phenolic OH excluding ortho intramolecular Hbond substituents is 2. The zero-order chi connectivity index (χ0) is 17.0. The summed E-state index contributed by atoms with van der Waals surface area (Å²) < 4.78 is 10.6. The van der Waals surface area contributed by atoms with Gasteiger partial charge in [-0.2, -0.15) is 0 Å². The molecule has 0 saturated heterocycles. The summed E-state index contributed by atoms with van der Waals surface area (Å²) in [4.78, 5) is 12.5. The average molecular weight is 316 g/mol. The minimum Gasteiger partial charge on any atom is -0.508 e. The molecule has 0 heterocycles. The largest absolute Gasteiger partial charge is 0.508 e. The van der Waals surface area contributed by atoms with E-state index in [4.69, 9.17) is 9.47 Å². The van der Waals surface area contributed by atoms with Gasteiger partial charge in [-0.1, -0.05) is 6.07 Å². The van der Waals surface area contributed by atoms with E-state index in [2.05, 4.69) is 0 Å². The number of carbonyl (C=O) groups is 1. The van der Waals surface area contributed by atoms with Gasteiger partial charge in [0.05, 0.1) is 19.8 Å². The molecule has 2 rings (SSSR count). The Labute approximate surface area is 135 Å². The maximum absolute atomic E-state index is 12.5. The van der Waals surface area contributed by atoms with E-state index in [1.54, 1.807) is 25.3 Å². The van der Waals surface area contributed by atoms with Crippen molar-refractivity contribution >= 4 is 5.78 Å². The van der Waals surface area contributed by atoms with Crippen LogP contribution in [0.25, 0.3) is 0 Å². The van der Waals surface area contributed by atoms with Crippen LogP contribution in [0.1, 0.15) is 27.9 Å². The fourth-order valence-corrected chi connectivity index (χ4v) is 2.52. The van der Waals surface area contributed by atoms with Crippen LogP contribution in [0.4, 0.5) is 0 Å². The molecule has 5 heteroatoms. The van der Waals surface area contributed by atoms with Crippen molar-refractivity contribution in [3.8, 4) is 23.0 Å². The highest BCUT2D eigenvalue weighted by Gasteiger charge is 2.17. The van der Waals surface area contributed by atoms with E-state index < -0.39 is 0 Å². The molecule has 0 aliphatic rings. The van der Waals surface area contributed by atoms with E-state index >= 15 is 0 Å². The molecular weight excluding hydrogens is 296 g/mol. The Morgan fingerprint density at radius 2 is 1.83 bits per heavy atom. The number of Topliss-reactive ketones (excluding diaryl/α,β-unsaturated/α-hetero) is 1. The fraction of sp³-hybridized carbons (Fsp3) is 0.278. The Bertz CT molecular complexity index is 722. The normalized spacial score (nSPS) is 10.4. The van der Waals surface area contributed by atoms with Gasteiger partial charge in [0.2, 0.25) is 0 Å². The number of benzene rings is 2. The molecule has 23 heavy (non-hydrogen) atoms. The van der Waals surface area contributed by atoms with Crippen LogP contribution in [0.2, 0.25) is 0 Å². The van der Waals surface area contributed by atoms with E-state index in [0.717, 1.165) is 5.56 Å². The van der Waals surface area contributed by atoms with Crippen LogP contribution in [0.15, 0.2) is 30.3 Å². The second-order valence-corrected chi connectivity index (χ2v) is 5.21. The summed E-state index contributed by atoms with van der Waals surface area (Å²) in [6.07, 6.45) is 0.597. The first-order valence-electron chi connectivity index (χ1n) is 7.23. The van der Waals surface area contributed by atoms with Crippen LogP contribution in [0.3, 0.4) is 0 Å². The molecule has 0 aromatic heterocycles. The van der Waals surface area contributed by atoms with E-state index in [0.29, 0.717) is 29.0 Å². The molecule has 122 valence electrons. The maximum atomic E-state index is 12.5. The van der Waals surface area contributed by atoms with Gasteiger partial charge in [0.15, 0.2) is 5.78 Å². The molecule has 0 aliphatic heterocycles. The van der Waals surface area contributed by atoms with Crippen molar-refractivity contribution in [2.24, 2.45) is 0 Å². The summed E-state index contributed by atoms with van der Waals surface area (Å²) in [5.41, 5.74) is 1.87. The highest BCUT2D eigenvalue weighted by molar-refractivity contribution is 5.99. The van der Waals surface area contributed by atoms with E-state index in [1.165, 1.54) is 19.2 Å². The second kappa shape index (κ2) is 7.05. The topological polar surface area (TPSA) is 76.0 Å². The van der Waals surface area contributed by atoms with E-state index in [9.17, 15) is 15.0 Å². The van der Waals surface area contributed by atoms with Gasteiger partial charge < -0.3 is 19.7 Å². The Balaban J connectivity index is 2.19. The van der Waals surface area contributed by atoms with E-state index in [1.807, 2.05) is 6.92 Å². The lowest BCUT2D eigenvalue weighted by molar-refractivity contribution is 0.0979. The van der Waals surface area contributed by atoms with Gasteiger partial charge in [-0.15, -0.1) is 0 Å². The van der Waals surface area contributed by atoms with Crippen molar-refractivity contribution in [1.82, 2.24) is 0 Å². The zero-order valence-corrected chi connectivity index (χ0v) is 13.4. The van der Waals surface area contributed by atoms with Crippen molar-refractivity contribution in [3.05, 3.63) is 47.0 Å². The molecule has 5 nitrogen and oxygen atoms in total. The molecule has 0 bridgehead atoms. The molecule has 0 radical (unpaired) electrons. The number of aromatic hydroxyl groups is 2. The number of ether oxygens (including phenoxy) is 2. The first kappa shape index (κ1) is 16.7. The van der Waals surface area contributed by atoms with Crippen molar-refractivity contribution in [1.29, 1.82) is 0 Å². The molecule has 0 unspecified atom stereocenters. The van der Waals surface area contributed by atoms with Crippen LogP contribution in [-0.4, -0.2) is 30.2 Å². The highest BCUT2D eigenvalue weighted by atomic mass is 16.5. The second-order valence-electron chi connectivity index (χ2n) is 5.21. The number of rotatable bonds is 6. The Morgan fingerprint density at radius 3 is 2.43 bits per heavy atom. The van der Waals surface area contributed by atoms with Gasteiger partial charge >= 0.3 is 0 Å². The number of carbonyl (C=O) groups excluding carboxylic acids is 1. The van der Waals surface area contributed by atoms with Gasteiger partial charge in [-0.3, -0.25) is 4.79 Å². The standard InChI is InChI=1S/C18H20O5/c1-11-17(22-2)9-7-14(18(11)23-3)15(20)8-5-12-4-6-13(19)10-16(12)21/h4,6-7,9-10,19,21H,5,8H2,1-3H3. The third-order valence-corrected chi connectivity index (χ3v) is 3.77. The molecule has 0 fully saturated rings. The maximum Gasteiger partial charge on any atom is 0.166 e. The van der Waals surface area contributed by atoms with Crippen LogP contribution >= 0.6 is 0 Å². The van der Waals surface area contributed by atoms with Crippen LogP contribution in [-0.2, 0) is 6.42 Å². The zero-order valence-electron chi connectivity index (χ0n) is 13.4. The molecule has 2 aromatic carbocycles. The fourth-order valence-electron chi connectivity index (χ4n) is 2.52. The van der Waals surface area contributed by atoms with Crippen molar-refractivity contribution in [3.63, 3.8) is 0 Å². The molecule has 0 spiro atoms. The Kier molecular flexibility index (Phi) is 5.11. The molecule has 0 aliphatic carbocycles. The lowest BCUT2D eigenvalue weighted by Crippen LogP contribution is -2.06. The third kappa shape index (κ3) is 3.56. The predicted octanol–water partition coefficient (Wildman–Crippen LogP) is 3.24. The summed E-state index contributed by atoms with van der Waals surface area (Å²) in [5.74, 6) is 1.06. The summed E-state index contributed by atoms with van der Waals surface area (Å²) in [7, 11) is 3.08. The van der Waals surface area contributed by atoms with Gasteiger partial charge in [0.25, 0.3) is 0 Å². The molecule has 0 amide bonds. The minimum absolute atomic E-state index is 0.00924. The lowest BCUT2D eigenvalue weighted by atomic mass is 9.99. The van der Waals surface area contributed by atoms with Crippen molar-refractivity contribution in [2.45, 2.75) is 19.8 Å². The number of hydrogen-bond acceptors (Lipinski definition) is 5. The average Bonchev–Trinajstić information content (AvgIpc) is 2.53. The molecule has 0 saturated carbocycles. The summed E-state index contributed by atoms with van der Waals surface area (Å²) in [6, 6.07) is 7.77. The quantitative estimate of drug-likeness (QED) is 0.800. The highest BCUT2D eigenvalue weighted by Crippen LogP contribution is 2.32. The van der Waals surface area contributed by atoms with Gasteiger partial charge in [0.1, 0.15) is 23.0 Å². The van der Waals surface area contributed by atoms with Crippen LogP contribution in [0.5, 0.6) is 23.0 Å². The smallest absolute Gasteiger partial charge is 0.166 e. The molecule has 2 N–H and O–H groups in total. The number of phenols is 2. The predicted molar refractivity (Wildman–Crippen MR) is 86.7 cm³/mol.